The summed E-state index contributed by atoms with van der Waals surface area (Å²) in [7, 11) is 1.41. The van der Waals surface area contributed by atoms with Gasteiger partial charge in [-0.1, -0.05) is 0 Å². The number of aromatic nitrogens is 1. The van der Waals surface area contributed by atoms with Crippen molar-refractivity contribution in [2.75, 3.05) is 20.3 Å². The molecule has 0 spiro atoms. The van der Waals surface area contributed by atoms with Gasteiger partial charge < -0.3 is 19.5 Å². The Hall–Kier alpha value is -2.31. The minimum atomic E-state index is -0.528. The molecule has 1 unspecified atom stereocenters. The molecule has 0 radical (unpaired) electrons. The maximum absolute atomic E-state index is 11.7. The van der Waals surface area contributed by atoms with E-state index in [1.165, 1.54) is 7.11 Å². The van der Waals surface area contributed by atoms with E-state index in [9.17, 15) is 9.59 Å². The standard InChI is InChI=1S/C18H26N2O5/c1-11-14-9-13(16(21)23-5)8-12(14)10-15(20-11)24-7-6-19-17(22)25-18(2,3)4/h10,13H,6-9H2,1-5H3,(H,19,22). The van der Waals surface area contributed by atoms with Crippen LogP contribution in [-0.2, 0) is 27.1 Å². The van der Waals surface area contributed by atoms with Gasteiger partial charge in [0.2, 0.25) is 5.88 Å². The lowest BCUT2D eigenvalue weighted by atomic mass is 10.1. The average Bonchev–Trinajstić information content (AvgIpc) is 2.94. The molecule has 0 saturated carbocycles. The van der Waals surface area contributed by atoms with Crippen molar-refractivity contribution < 1.29 is 23.8 Å². The van der Waals surface area contributed by atoms with E-state index in [0.29, 0.717) is 25.3 Å². The quantitative estimate of drug-likeness (QED) is 0.647. The van der Waals surface area contributed by atoms with Gasteiger partial charge in [0.15, 0.2) is 0 Å². The van der Waals surface area contributed by atoms with Crippen molar-refractivity contribution in [1.82, 2.24) is 10.3 Å². The molecule has 1 aliphatic carbocycles. The molecule has 1 atom stereocenters. The van der Waals surface area contributed by atoms with Gasteiger partial charge in [0.25, 0.3) is 0 Å². The molecular weight excluding hydrogens is 324 g/mol. The maximum Gasteiger partial charge on any atom is 0.407 e. The molecule has 2 rings (SSSR count). The fourth-order valence-electron chi connectivity index (χ4n) is 2.81. The number of hydrogen-bond acceptors (Lipinski definition) is 6. The van der Waals surface area contributed by atoms with Crippen LogP contribution in [0.1, 0.15) is 37.6 Å². The van der Waals surface area contributed by atoms with Crippen LogP contribution in [0.25, 0.3) is 0 Å². The molecule has 0 aromatic carbocycles. The topological polar surface area (TPSA) is 86.8 Å². The van der Waals surface area contributed by atoms with E-state index in [4.69, 9.17) is 14.2 Å². The zero-order chi connectivity index (χ0) is 18.6. The summed E-state index contributed by atoms with van der Waals surface area (Å²) in [6.45, 7) is 7.93. The van der Waals surface area contributed by atoms with Crippen molar-refractivity contribution in [3.8, 4) is 5.88 Å². The first kappa shape index (κ1) is 19.0. The molecule has 1 aromatic heterocycles. The van der Waals surface area contributed by atoms with Crippen LogP contribution in [-0.4, -0.2) is 42.9 Å². The second-order valence-electron chi connectivity index (χ2n) is 7.09. The SMILES string of the molecule is COC(=O)C1Cc2cc(OCCNC(=O)OC(C)(C)C)nc(C)c2C1. The summed E-state index contributed by atoms with van der Waals surface area (Å²) in [5, 5.41) is 2.63. The third kappa shape index (κ3) is 5.34. The van der Waals surface area contributed by atoms with Crippen LogP contribution in [0.2, 0.25) is 0 Å². The number of amides is 1. The lowest BCUT2D eigenvalue weighted by Crippen LogP contribution is -2.34. The van der Waals surface area contributed by atoms with Gasteiger partial charge in [-0.3, -0.25) is 4.79 Å². The number of hydrogen-bond donors (Lipinski definition) is 1. The number of alkyl carbamates (subject to hydrolysis) is 1. The van der Waals surface area contributed by atoms with Gasteiger partial charge in [-0.25, -0.2) is 9.78 Å². The van der Waals surface area contributed by atoms with Crippen molar-refractivity contribution in [3.63, 3.8) is 0 Å². The third-order valence-electron chi connectivity index (χ3n) is 3.87. The van der Waals surface area contributed by atoms with E-state index >= 15 is 0 Å². The Kier molecular flexibility index (Phi) is 5.87. The Balaban J connectivity index is 1.86. The van der Waals surface area contributed by atoms with Gasteiger partial charge in [0.05, 0.1) is 19.6 Å². The molecule has 1 aromatic rings. The molecule has 138 valence electrons. The molecule has 1 amide bonds. The number of nitrogens with zero attached hydrogens (tertiary/aromatic N) is 1. The van der Waals surface area contributed by atoms with Crippen molar-refractivity contribution in [2.45, 2.75) is 46.1 Å². The summed E-state index contributed by atoms with van der Waals surface area (Å²) in [6, 6.07) is 1.86. The first-order valence-corrected chi connectivity index (χ1v) is 8.36. The number of nitrogens with one attached hydrogen (secondary N) is 1. The van der Waals surface area contributed by atoms with E-state index in [1.807, 2.05) is 33.8 Å². The summed E-state index contributed by atoms with van der Waals surface area (Å²) in [6.07, 6.45) is 0.814. The monoisotopic (exact) mass is 350 g/mol. The van der Waals surface area contributed by atoms with Gasteiger partial charge in [-0.2, -0.15) is 0 Å². The van der Waals surface area contributed by atoms with E-state index in [-0.39, 0.29) is 18.5 Å². The number of rotatable bonds is 5. The van der Waals surface area contributed by atoms with Crippen LogP contribution in [0.5, 0.6) is 5.88 Å². The molecule has 1 aliphatic rings. The summed E-state index contributed by atoms with van der Waals surface area (Å²) in [4.78, 5) is 27.7. The largest absolute Gasteiger partial charge is 0.476 e. The zero-order valence-electron chi connectivity index (χ0n) is 15.5. The van der Waals surface area contributed by atoms with Crippen molar-refractivity contribution in [2.24, 2.45) is 5.92 Å². The highest BCUT2D eigenvalue weighted by molar-refractivity contribution is 5.74. The molecule has 0 fully saturated rings. The molecule has 25 heavy (non-hydrogen) atoms. The number of carbonyl (C=O) groups is 2. The Morgan fingerprint density at radius 3 is 2.68 bits per heavy atom. The average molecular weight is 350 g/mol. The second-order valence-corrected chi connectivity index (χ2v) is 7.09. The number of aryl methyl sites for hydroxylation is 1. The number of pyridine rings is 1. The summed E-state index contributed by atoms with van der Waals surface area (Å²) in [5.41, 5.74) is 2.49. The fourth-order valence-corrected chi connectivity index (χ4v) is 2.81. The van der Waals surface area contributed by atoms with Crippen LogP contribution in [0.3, 0.4) is 0 Å². The number of fused-ring (bicyclic) bond motifs is 1. The van der Waals surface area contributed by atoms with E-state index in [0.717, 1.165) is 16.8 Å². The lowest BCUT2D eigenvalue weighted by molar-refractivity contribution is -0.145. The van der Waals surface area contributed by atoms with Crippen molar-refractivity contribution in [1.29, 1.82) is 0 Å². The highest BCUT2D eigenvalue weighted by atomic mass is 16.6. The van der Waals surface area contributed by atoms with Crippen LogP contribution in [0.4, 0.5) is 4.79 Å². The minimum absolute atomic E-state index is 0.149. The normalized spacial score (nSPS) is 16.1. The van der Waals surface area contributed by atoms with Gasteiger partial charge >= 0.3 is 12.1 Å². The highest BCUT2D eigenvalue weighted by Gasteiger charge is 2.30. The highest BCUT2D eigenvalue weighted by Crippen LogP contribution is 2.31. The first-order chi connectivity index (χ1) is 11.7. The fraction of sp³-hybridized carbons (Fsp3) is 0.611. The number of esters is 1. The Labute approximate surface area is 148 Å². The molecule has 0 saturated heterocycles. The van der Waals surface area contributed by atoms with Gasteiger partial charge in [0, 0.05) is 11.8 Å². The van der Waals surface area contributed by atoms with Crippen LogP contribution in [0.15, 0.2) is 6.07 Å². The zero-order valence-corrected chi connectivity index (χ0v) is 15.5. The summed E-state index contributed by atoms with van der Waals surface area (Å²) >= 11 is 0. The Morgan fingerprint density at radius 2 is 2.04 bits per heavy atom. The molecule has 7 heteroatoms. The van der Waals surface area contributed by atoms with E-state index in [2.05, 4.69) is 10.3 Å². The molecular formula is C18H26N2O5. The van der Waals surface area contributed by atoms with Gasteiger partial charge in [-0.05, 0) is 51.7 Å². The van der Waals surface area contributed by atoms with E-state index in [1.54, 1.807) is 0 Å². The Morgan fingerprint density at radius 1 is 1.32 bits per heavy atom. The molecule has 0 bridgehead atoms. The van der Waals surface area contributed by atoms with Gasteiger partial charge in [0.1, 0.15) is 12.2 Å². The first-order valence-electron chi connectivity index (χ1n) is 8.36. The maximum atomic E-state index is 11.7. The van der Waals surface area contributed by atoms with Crippen LogP contribution in [0, 0.1) is 12.8 Å². The van der Waals surface area contributed by atoms with Crippen LogP contribution < -0.4 is 10.1 Å². The molecule has 0 aliphatic heterocycles. The van der Waals surface area contributed by atoms with Crippen molar-refractivity contribution in [3.05, 3.63) is 22.9 Å². The predicted octanol–water partition coefficient (Wildman–Crippen LogP) is 2.18. The van der Waals surface area contributed by atoms with Crippen LogP contribution >= 0.6 is 0 Å². The Bertz CT molecular complexity index is 652. The minimum Gasteiger partial charge on any atom is -0.476 e. The van der Waals surface area contributed by atoms with Gasteiger partial charge in [-0.15, -0.1) is 0 Å². The number of methoxy groups -OCH3 is 1. The number of carbonyl (C=O) groups excluding carboxylic acids is 2. The molecule has 1 heterocycles. The number of ether oxygens (including phenoxy) is 3. The molecule has 7 nitrogen and oxygen atoms in total. The predicted molar refractivity (Wildman–Crippen MR) is 91.6 cm³/mol. The molecule has 1 N–H and O–H groups in total. The van der Waals surface area contributed by atoms with E-state index < -0.39 is 11.7 Å². The summed E-state index contributed by atoms with van der Waals surface area (Å²) < 4.78 is 15.6. The smallest absolute Gasteiger partial charge is 0.407 e. The summed E-state index contributed by atoms with van der Waals surface area (Å²) in [5.74, 6) is 0.150. The van der Waals surface area contributed by atoms with Crippen molar-refractivity contribution >= 4 is 12.1 Å². The second kappa shape index (κ2) is 7.72. The third-order valence-corrected chi connectivity index (χ3v) is 3.87. The lowest BCUT2D eigenvalue weighted by Gasteiger charge is -2.19.